The van der Waals surface area contributed by atoms with E-state index in [1.165, 1.54) is 93.2 Å². The van der Waals surface area contributed by atoms with E-state index < -0.39 is 0 Å². The van der Waals surface area contributed by atoms with Crippen LogP contribution >= 0.6 is 0 Å². The highest BCUT2D eigenvalue weighted by Gasteiger charge is 2.35. The molecule has 0 heteroatoms. The van der Waals surface area contributed by atoms with Crippen molar-refractivity contribution in [1.29, 1.82) is 0 Å². The molecule has 8 aromatic rings. The van der Waals surface area contributed by atoms with Gasteiger partial charge in [-0.3, -0.25) is 0 Å². The largest absolute Gasteiger partial charge is 0.0619 e. The Bertz CT molecular complexity index is 2570. The summed E-state index contributed by atoms with van der Waals surface area (Å²) >= 11 is 0. The van der Waals surface area contributed by atoms with Gasteiger partial charge in [0.25, 0.3) is 0 Å². The molecule has 0 amide bonds. The average Bonchev–Trinajstić information content (AvgIpc) is 3.32. The second kappa shape index (κ2) is 9.90. The van der Waals surface area contributed by atoms with E-state index in [0.717, 1.165) is 0 Å². The zero-order valence-corrected chi connectivity index (χ0v) is 27.8. The number of hydrogen-bond donors (Lipinski definition) is 0. The molecule has 0 aliphatic heterocycles. The monoisotopic (exact) mass is 602 g/mol. The Kier molecular flexibility index (Phi) is 5.91. The second-order valence-electron chi connectivity index (χ2n) is 15.1. The van der Waals surface area contributed by atoms with E-state index in [4.69, 9.17) is 0 Å². The second-order valence-corrected chi connectivity index (χ2v) is 15.1. The molecule has 0 bridgehead atoms. The van der Waals surface area contributed by atoms with Gasteiger partial charge in [-0.05, 0) is 123 Å². The SMILES string of the molecule is CC(C)(C)c1ccc2c(ccc3ccc4cc(-c5ccc6cc(-c7ccc8c(c7)C(C)(C)c7ccccc7-8)ccc6c5)ccc4c32)c1. The first kappa shape index (κ1) is 28.1. The van der Waals surface area contributed by atoms with Crippen molar-refractivity contribution in [3.05, 3.63) is 156 Å². The van der Waals surface area contributed by atoms with Gasteiger partial charge >= 0.3 is 0 Å². The van der Waals surface area contributed by atoms with Crippen molar-refractivity contribution in [2.24, 2.45) is 0 Å². The molecule has 0 atom stereocenters. The molecule has 0 aromatic heterocycles. The molecule has 0 N–H and O–H groups in total. The third kappa shape index (κ3) is 4.35. The van der Waals surface area contributed by atoms with Gasteiger partial charge in [0.15, 0.2) is 0 Å². The first-order valence-corrected chi connectivity index (χ1v) is 16.8. The number of fused-ring (bicyclic) bond motifs is 9. The van der Waals surface area contributed by atoms with Crippen molar-refractivity contribution in [2.45, 2.75) is 45.4 Å². The molecule has 47 heavy (non-hydrogen) atoms. The highest BCUT2D eigenvalue weighted by Crippen LogP contribution is 2.49. The fourth-order valence-electron chi connectivity index (χ4n) is 8.03. The summed E-state index contributed by atoms with van der Waals surface area (Å²) in [7, 11) is 0. The molecule has 0 unspecified atom stereocenters. The average molecular weight is 603 g/mol. The molecule has 0 spiro atoms. The maximum Gasteiger partial charge on any atom is 0.0159 e. The van der Waals surface area contributed by atoms with Crippen molar-refractivity contribution in [3.63, 3.8) is 0 Å². The van der Waals surface area contributed by atoms with E-state index in [-0.39, 0.29) is 10.8 Å². The van der Waals surface area contributed by atoms with E-state index in [0.29, 0.717) is 0 Å². The minimum atomic E-state index is 0.00269. The van der Waals surface area contributed by atoms with Crippen LogP contribution < -0.4 is 0 Å². The minimum absolute atomic E-state index is 0.00269. The summed E-state index contributed by atoms with van der Waals surface area (Å²) in [5.41, 5.74) is 12.1. The van der Waals surface area contributed by atoms with Crippen LogP contribution in [0, 0.1) is 0 Å². The van der Waals surface area contributed by atoms with Crippen LogP contribution in [0.15, 0.2) is 140 Å². The van der Waals surface area contributed by atoms with Crippen molar-refractivity contribution in [2.75, 3.05) is 0 Å². The van der Waals surface area contributed by atoms with Crippen LogP contribution in [0.1, 0.15) is 51.3 Å². The van der Waals surface area contributed by atoms with Gasteiger partial charge in [0.05, 0.1) is 0 Å². The van der Waals surface area contributed by atoms with E-state index in [1.54, 1.807) is 0 Å². The molecule has 0 saturated carbocycles. The lowest BCUT2D eigenvalue weighted by Crippen LogP contribution is -2.14. The highest BCUT2D eigenvalue weighted by molar-refractivity contribution is 6.20. The third-order valence-corrected chi connectivity index (χ3v) is 10.8. The molecule has 0 heterocycles. The highest BCUT2D eigenvalue weighted by atomic mass is 14.4. The summed E-state index contributed by atoms with van der Waals surface area (Å²) in [5.74, 6) is 0. The Morgan fingerprint density at radius 1 is 0.404 bits per heavy atom. The van der Waals surface area contributed by atoms with Gasteiger partial charge in [0.1, 0.15) is 0 Å². The summed E-state index contributed by atoms with van der Waals surface area (Å²) < 4.78 is 0. The Hall–Kier alpha value is -5.20. The Morgan fingerprint density at radius 3 is 1.57 bits per heavy atom. The van der Waals surface area contributed by atoms with Crippen LogP contribution in [-0.2, 0) is 10.8 Å². The number of rotatable bonds is 2. The van der Waals surface area contributed by atoms with E-state index >= 15 is 0 Å². The molecule has 0 radical (unpaired) electrons. The number of benzene rings is 8. The molecule has 0 fully saturated rings. The predicted octanol–water partition coefficient (Wildman–Crippen LogP) is 13.2. The smallest absolute Gasteiger partial charge is 0.0159 e. The minimum Gasteiger partial charge on any atom is -0.0619 e. The predicted molar refractivity (Wildman–Crippen MR) is 204 cm³/mol. The molecular formula is C47H38. The standard InChI is InChI=1S/C47H38/c1-46(2,3)38-20-23-40-37(27-38)17-11-29-10-16-36-26-34(18-21-39(36)45(29)40)32-13-12-31-25-33(15-14-30(31)24-32)35-19-22-42-41-8-6-7-9-43(41)47(4,5)44(42)28-35/h6-28H,1-5H3. The van der Waals surface area contributed by atoms with E-state index in [1.807, 2.05) is 0 Å². The van der Waals surface area contributed by atoms with Crippen LogP contribution in [0.5, 0.6) is 0 Å². The van der Waals surface area contributed by atoms with E-state index in [2.05, 4.69) is 174 Å². The lowest BCUT2D eigenvalue weighted by molar-refractivity contribution is 0.591. The van der Waals surface area contributed by atoms with Crippen LogP contribution in [-0.4, -0.2) is 0 Å². The van der Waals surface area contributed by atoms with Gasteiger partial charge in [-0.1, -0.05) is 150 Å². The first-order valence-electron chi connectivity index (χ1n) is 16.8. The molecule has 1 aliphatic carbocycles. The molecule has 9 rings (SSSR count). The summed E-state index contributed by atoms with van der Waals surface area (Å²) in [6.45, 7) is 11.6. The topological polar surface area (TPSA) is 0 Å². The summed E-state index contributed by atoms with van der Waals surface area (Å²) in [5, 5.41) is 10.4. The molecule has 0 saturated heterocycles. The maximum atomic E-state index is 2.41. The van der Waals surface area contributed by atoms with Gasteiger partial charge in [-0.25, -0.2) is 0 Å². The van der Waals surface area contributed by atoms with Crippen molar-refractivity contribution < 1.29 is 0 Å². The van der Waals surface area contributed by atoms with Crippen LogP contribution in [0.2, 0.25) is 0 Å². The third-order valence-electron chi connectivity index (χ3n) is 10.8. The fraction of sp³-hybridized carbons (Fsp3) is 0.149. The summed E-state index contributed by atoms with van der Waals surface area (Å²) in [6.07, 6.45) is 0. The Labute approximate surface area is 277 Å². The van der Waals surface area contributed by atoms with Crippen molar-refractivity contribution >= 4 is 43.1 Å². The fourth-order valence-corrected chi connectivity index (χ4v) is 8.03. The lowest BCUT2D eigenvalue weighted by atomic mass is 9.81. The van der Waals surface area contributed by atoms with Crippen molar-refractivity contribution in [1.82, 2.24) is 0 Å². The zero-order valence-electron chi connectivity index (χ0n) is 27.8. The Morgan fingerprint density at radius 2 is 0.894 bits per heavy atom. The molecule has 1 aliphatic rings. The maximum absolute atomic E-state index is 2.41. The van der Waals surface area contributed by atoms with Gasteiger partial charge in [-0.2, -0.15) is 0 Å². The molecule has 0 nitrogen and oxygen atoms in total. The van der Waals surface area contributed by atoms with E-state index in [9.17, 15) is 0 Å². The van der Waals surface area contributed by atoms with Crippen LogP contribution in [0.3, 0.4) is 0 Å². The van der Waals surface area contributed by atoms with Gasteiger partial charge in [-0.15, -0.1) is 0 Å². The first-order chi connectivity index (χ1) is 22.6. The van der Waals surface area contributed by atoms with Gasteiger partial charge in [0.2, 0.25) is 0 Å². The van der Waals surface area contributed by atoms with Crippen LogP contribution in [0.25, 0.3) is 76.5 Å². The zero-order chi connectivity index (χ0) is 32.1. The summed E-state index contributed by atoms with van der Waals surface area (Å²) in [4.78, 5) is 0. The number of hydrogen-bond acceptors (Lipinski definition) is 0. The summed E-state index contributed by atoms with van der Waals surface area (Å²) in [6, 6.07) is 52.8. The molecule has 8 aromatic carbocycles. The van der Waals surface area contributed by atoms with Crippen LogP contribution in [0.4, 0.5) is 0 Å². The quantitative estimate of drug-likeness (QED) is 0.173. The lowest BCUT2D eigenvalue weighted by Gasteiger charge is -2.22. The normalized spacial score (nSPS) is 13.8. The van der Waals surface area contributed by atoms with Gasteiger partial charge in [0, 0.05) is 5.41 Å². The van der Waals surface area contributed by atoms with Gasteiger partial charge < -0.3 is 0 Å². The Balaban J connectivity index is 1.08. The molecular weight excluding hydrogens is 565 g/mol. The molecule has 226 valence electrons. The van der Waals surface area contributed by atoms with Crippen molar-refractivity contribution in [3.8, 4) is 33.4 Å².